The van der Waals surface area contributed by atoms with Gasteiger partial charge in [-0.25, -0.2) is 4.98 Å². The van der Waals surface area contributed by atoms with Gasteiger partial charge in [-0.1, -0.05) is 24.3 Å². The fourth-order valence-electron chi connectivity index (χ4n) is 3.17. The van der Waals surface area contributed by atoms with Crippen molar-refractivity contribution in [1.29, 1.82) is 0 Å². The van der Waals surface area contributed by atoms with Crippen molar-refractivity contribution in [1.82, 2.24) is 24.8 Å². The highest BCUT2D eigenvalue weighted by Crippen LogP contribution is 2.15. The Kier molecular flexibility index (Phi) is 4.79. The Labute approximate surface area is 165 Å². The van der Waals surface area contributed by atoms with Crippen LogP contribution in [0.5, 0.6) is 0 Å². The lowest BCUT2D eigenvalue weighted by Gasteiger charge is -2.12. The Hall–Kier alpha value is -3.26. The van der Waals surface area contributed by atoms with Crippen molar-refractivity contribution in [3.05, 3.63) is 69.5 Å². The monoisotopic (exact) mass is 393 g/mol. The highest BCUT2D eigenvalue weighted by molar-refractivity contribution is 7.71. The molecular formula is C20H19N5O2S. The van der Waals surface area contributed by atoms with Gasteiger partial charge in [0.25, 0.3) is 5.56 Å². The molecule has 0 radical (unpaired) electrons. The number of amides is 1. The van der Waals surface area contributed by atoms with Crippen molar-refractivity contribution in [2.45, 2.75) is 25.9 Å². The number of hydrogen-bond acceptors (Lipinski definition) is 4. The SMILES string of the molecule is C[C@H](NC(=O)CCn1c(=S)[nH]c2ccccc2c1=O)c1nc2ccccc2[nH]1. The number of carbonyl (C=O) groups is 1. The lowest BCUT2D eigenvalue weighted by molar-refractivity contribution is -0.122. The van der Waals surface area contributed by atoms with Crippen molar-refractivity contribution in [2.75, 3.05) is 0 Å². The van der Waals surface area contributed by atoms with Gasteiger partial charge in [0.2, 0.25) is 5.91 Å². The summed E-state index contributed by atoms with van der Waals surface area (Å²) < 4.78 is 1.73. The molecule has 0 saturated heterocycles. The maximum absolute atomic E-state index is 12.6. The van der Waals surface area contributed by atoms with Gasteiger partial charge in [0.1, 0.15) is 5.82 Å². The average Bonchev–Trinajstić information content (AvgIpc) is 3.12. The molecule has 3 N–H and O–H groups in total. The van der Waals surface area contributed by atoms with E-state index in [1.807, 2.05) is 37.3 Å². The zero-order valence-electron chi connectivity index (χ0n) is 15.2. The van der Waals surface area contributed by atoms with Gasteiger partial charge >= 0.3 is 0 Å². The van der Waals surface area contributed by atoms with Gasteiger partial charge in [0.15, 0.2) is 4.77 Å². The van der Waals surface area contributed by atoms with Crippen LogP contribution < -0.4 is 10.9 Å². The first-order valence-electron chi connectivity index (χ1n) is 8.99. The molecule has 7 nitrogen and oxygen atoms in total. The summed E-state index contributed by atoms with van der Waals surface area (Å²) in [5.74, 6) is 0.511. The molecular weight excluding hydrogens is 374 g/mol. The Balaban J connectivity index is 1.46. The van der Waals surface area contributed by atoms with Crippen LogP contribution in [-0.4, -0.2) is 25.4 Å². The molecule has 0 bridgehead atoms. The average molecular weight is 393 g/mol. The number of fused-ring (bicyclic) bond motifs is 2. The summed E-state index contributed by atoms with van der Waals surface area (Å²) in [6, 6.07) is 14.6. The highest BCUT2D eigenvalue weighted by Gasteiger charge is 2.14. The van der Waals surface area contributed by atoms with Gasteiger partial charge in [-0.2, -0.15) is 0 Å². The van der Waals surface area contributed by atoms with Gasteiger partial charge in [0, 0.05) is 13.0 Å². The Morgan fingerprint density at radius 2 is 1.86 bits per heavy atom. The second-order valence-electron chi connectivity index (χ2n) is 6.61. The van der Waals surface area contributed by atoms with E-state index < -0.39 is 0 Å². The molecule has 1 amide bonds. The van der Waals surface area contributed by atoms with E-state index in [1.54, 1.807) is 18.2 Å². The van der Waals surface area contributed by atoms with Crippen molar-refractivity contribution in [3.63, 3.8) is 0 Å². The first kappa shape index (κ1) is 18.1. The molecule has 4 rings (SSSR count). The zero-order valence-corrected chi connectivity index (χ0v) is 16.0. The van der Waals surface area contributed by atoms with Crippen molar-refractivity contribution in [2.24, 2.45) is 0 Å². The van der Waals surface area contributed by atoms with Crippen LogP contribution in [0.2, 0.25) is 0 Å². The van der Waals surface area contributed by atoms with Gasteiger partial charge in [-0.05, 0) is 43.4 Å². The van der Waals surface area contributed by atoms with Crippen LogP contribution in [0.15, 0.2) is 53.3 Å². The number of aromatic amines is 2. The minimum absolute atomic E-state index is 0.139. The fourth-order valence-corrected chi connectivity index (χ4v) is 3.46. The number of hydrogen-bond donors (Lipinski definition) is 3. The standard InChI is InChI=1S/C20H19N5O2S/c1-12(18-22-15-8-4-5-9-16(15)23-18)21-17(26)10-11-25-19(27)13-6-2-3-7-14(13)24-20(25)28/h2-9,12H,10-11H2,1H3,(H,21,26)(H,22,23)(H,24,28)/t12-/m0/s1. The molecule has 0 aliphatic heterocycles. The van der Waals surface area contributed by atoms with Gasteiger partial charge in [-0.15, -0.1) is 0 Å². The van der Waals surface area contributed by atoms with E-state index in [9.17, 15) is 9.59 Å². The van der Waals surface area contributed by atoms with Crippen LogP contribution in [0.4, 0.5) is 0 Å². The van der Waals surface area contributed by atoms with E-state index >= 15 is 0 Å². The number of para-hydroxylation sites is 3. The molecule has 1 atom stereocenters. The predicted octanol–water partition coefficient (Wildman–Crippen LogP) is 3.20. The number of benzene rings is 2. The minimum Gasteiger partial charge on any atom is -0.346 e. The molecule has 0 aliphatic carbocycles. The summed E-state index contributed by atoms with van der Waals surface area (Å²) in [5, 5.41) is 3.46. The number of nitrogens with zero attached hydrogens (tertiary/aromatic N) is 2. The quantitative estimate of drug-likeness (QED) is 0.454. The fraction of sp³-hybridized carbons (Fsp3) is 0.200. The summed E-state index contributed by atoms with van der Waals surface area (Å²) in [6.45, 7) is 2.07. The predicted molar refractivity (Wildman–Crippen MR) is 111 cm³/mol. The minimum atomic E-state index is -0.275. The van der Waals surface area contributed by atoms with E-state index in [4.69, 9.17) is 12.2 Å². The number of imidazole rings is 1. The molecule has 4 aromatic rings. The second-order valence-corrected chi connectivity index (χ2v) is 7.00. The first-order chi connectivity index (χ1) is 13.5. The molecule has 0 saturated carbocycles. The van der Waals surface area contributed by atoms with E-state index in [2.05, 4.69) is 20.3 Å². The van der Waals surface area contributed by atoms with E-state index in [-0.39, 0.29) is 30.5 Å². The van der Waals surface area contributed by atoms with Gasteiger partial charge in [-0.3, -0.25) is 14.2 Å². The van der Waals surface area contributed by atoms with Crippen LogP contribution in [-0.2, 0) is 11.3 Å². The highest BCUT2D eigenvalue weighted by atomic mass is 32.1. The van der Waals surface area contributed by atoms with E-state index in [0.29, 0.717) is 21.5 Å². The molecule has 0 aliphatic rings. The van der Waals surface area contributed by atoms with Gasteiger partial charge in [0.05, 0.1) is 28.0 Å². The van der Waals surface area contributed by atoms with E-state index in [1.165, 1.54) is 4.57 Å². The summed E-state index contributed by atoms with van der Waals surface area (Å²) in [7, 11) is 0. The third-order valence-corrected chi connectivity index (χ3v) is 4.97. The number of rotatable bonds is 5. The molecule has 2 heterocycles. The lowest BCUT2D eigenvalue weighted by atomic mass is 10.2. The molecule has 2 aromatic carbocycles. The van der Waals surface area contributed by atoms with Crippen molar-refractivity contribution >= 4 is 40.1 Å². The summed E-state index contributed by atoms with van der Waals surface area (Å²) >= 11 is 5.28. The maximum Gasteiger partial charge on any atom is 0.262 e. The Morgan fingerprint density at radius 1 is 1.14 bits per heavy atom. The summed E-state index contributed by atoms with van der Waals surface area (Å²) in [4.78, 5) is 35.8. The molecule has 0 fully saturated rings. The molecule has 0 unspecified atom stereocenters. The second kappa shape index (κ2) is 7.40. The largest absolute Gasteiger partial charge is 0.346 e. The van der Waals surface area contributed by atoms with Crippen LogP contribution in [0.3, 0.4) is 0 Å². The lowest BCUT2D eigenvalue weighted by Crippen LogP contribution is -2.30. The topological polar surface area (TPSA) is 95.6 Å². The molecule has 142 valence electrons. The van der Waals surface area contributed by atoms with Crippen LogP contribution in [0.1, 0.15) is 25.2 Å². The third kappa shape index (κ3) is 3.46. The molecule has 8 heteroatoms. The smallest absolute Gasteiger partial charge is 0.262 e. The summed E-state index contributed by atoms with van der Waals surface area (Å²) in [6.07, 6.45) is 0.139. The Morgan fingerprint density at radius 3 is 2.64 bits per heavy atom. The molecule has 0 spiro atoms. The molecule has 2 aromatic heterocycles. The van der Waals surface area contributed by atoms with Crippen LogP contribution in [0, 0.1) is 4.77 Å². The normalized spacial score (nSPS) is 12.3. The first-order valence-corrected chi connectivity index (χ1v) is 9.39. The van der Waals surface area contributed by atoms with Crippen molar-refractivity contribution in [3.8, 4) is 0 Å². The number of carbonyl (C=O) groups excluding carboxylic acids is 1. The van der Waals surface area contributed by atoms with Crippen LogP contribution >= 0.6 is 12.2 Å². The maximum atomic E-state index is 12.6. The Bertz CT molecular complexity index is 1250. The van der Waals surface area contributed by atoms with E-state index in [0.717, 1.165) is 11.0 Å². The number of nitrogens with one attached hydrogen (secondary N) is 3. The third-order valence-electron chi connectivity index (χ3n) is 4.65. The van der Waals surface area contributed by atoms with Gasteiger partial charge < -0.3 is 15.3 Å². The summed E-state index contributed by atoms with van der Waals surface area (Å²) in [5.41, 5.74) is 2.27. The van der Waals surface area contributed by atoms with Crippen LogP contribution in [0.25, 0.3) is 21.9 Å². The molecule has 28 heavy (non-hydrogen) atoms. The van der Waals surface area contributed by atoms with Crippen molar-refractivity contribution < 1.29 is 4.79 Å². The number of H-pyrrole nitrogens is 2. The zero-order chi connectivity index (χ0) is 19.7. The number of aromatic nitrogens is 4.